The Morgan fingerprint density at radius 3 is 2.42 bits per heavy atom. The minimum Gasteiger partial charge on any atom is -0.463 e. The molecule has 13 heteroatoms. The fraction of sp³-hybridized carbons (Fsp3) is 0.444. The van der Waals surface area contributed by atoms with Crippen LogP contribution in [0.15, 0.2) is 42.9 Å². The van der Waals surface area contributed by atoms with Gasteiger partial charge >= 0.3 is 11.9 Å². The molecule has 0 aliphatic rings. The van der Waals surface area contributed by atoms with E-state index in [4.69, 9.17) is 14.2 Å². The highest BCUT2D eigenvalue weighted by atomic mass is 16.6. The van der Waals surface area contributed by atoms with Crippen LogP contribution in [0.5, 0.6) is 0 Å². The van der Waals surface area contributed by atoms with E-state index in [9.17, 15) is 19.2 Å². The van der Waals surface area contributed by atoms with Crippen molar-refractivity contribution >= 4 is 40.9 Å². The normalized spacial score (nSPS) is 12.5. The van der Waals surface area contributed by atoms with E-state index in [2.05, 4.69) is 25.6 Å². The van der Waals surface area contributed by atoms with Gasteiger partial charge < -0.3 is 19.5 Å². The number of nitrogens with zero attached hydrogens (tertiary/aromatic N) is 4. The maximum atomic E-state index is 12.7. The van der Waals surface area contributed by atoms with Crippen molar-refractivity contribution in [2.75, 3.05) is 25.6 Å². The van der Waals surface area contributed by atoms with E-state index in [1.165, 1.54) is 19.6 Å². The van der Waals surface area contributed by atoms with Crippen LogP contribution in [0.3, 0.4) is 0 Å². The number of hydrogen-bond acceptors (Lipinski definition) is 10. The molecule has 3 aromatic rings. The molecular weight excluding hydrogens is 520 g/mol. The van der Waals surface area contributed by atoms with Gasteiger partial charge in [0.05, 0.1) is 30.6 Å². The number of hydrogen-bond donors (Lipinski definition) is 2. The van der Waals surface area contributed by atoms with Crippen molar-refractivity contribution in [3.05, 3.63) is 48.4 Å². The molecule has 2 aromatic heterocycles. The van der Waals surface area contributed by atoms with E-state index in [-0.39, 0.29) is 49.7 Å². The first-order valence-electron chi connectivity index (χ1n) is 13.0. The van der Waals surface area contributed by atoms with Gasteiger partial charge in [-0.15, -0.1) is 0 Å². The Morgan fingerprint density at radius 1 is 1.00 bits per heavy atom. The lowest BCUT2D eigenvalue weighted by Crippen LogP contribution is -2.29. The molecule has 0 radical (unpaired) electrons. The highest BCUT2D eigenvalue weighted by molar-refractivity contribution is 5.91. The zero-order valence-corrected chi connectivity index (χ0v) is 23.0. The van der Waals surface area contributed by atoms with Crippen LogP contribution in [0.4, 0.5) is 5.95 Å². The van der Waals surface area contributed by atoms with Crippen LogP contribution in [0, 0.1) is 5.92 Å². The van der Waals surface area contributed by atoms with Crippen molar-refractivity contribution in [1.82, 2.24) is 24.8 Å². The molecule has 0 aliphatic heterocycles. The minimum atomic E-state index is -0.907. The van der Waals surface area contributed by atoms with E-state index < -0.39 is 24.3 Å². The zero-order valence-electron chi connectivity index (χ0n) is 23.0. The summed E-state index contributed by atoms with van der Waals surface area (Å²) >= 11 is 0. The van der Waals surface area contributed by atoms with Crippen LogP contribution in [0.2, 0.25) is 0 Å². The van der Waals surface area contributed by atoms with Crippen molar-refractivity contribution in [3.63, 3.8) is 0 Å². The van der Waals surface area contributed by atoms with E-state index in [0.717, 1.165) is 0 Å². The summed E-state index contributed by atoms with van der Waals surface area (Å²) in [5, 5.41) is 5.11. The number of nitrogens with one attached hydrogen (secondary N) is 2. The zero-order chi connectivity index (χ0) is 29.1. The van der Waals surface area contributed by atoms with Crippen molar-refractivity contribution in [2.24, 2.45) is 5.92 Å². The van der Waals surface area contributed by atoms with Crippen molar-refractivity contribution in [2.45, 2.75) is 52.4 Å². The molecule has 0 fully saturated rings. The molecule has 214 valence electrons. The van der Waals surface area contributed by atoms with Crippen LogP contribution in [0.25, 0.3) is 11.2 Å². The Kier molecular flexibility index (Phi) is 11.1. The van der Waals surface area contributed by atoms with Gasteiger partial charge in [0.25, 0.3) is 0 Å². The molecule has 0 unspecified atom stereocenters. The molecule has 0 spiro atoms. The number of benzene rings is 1. The van der Waals surface area contributed by atoms with Gasteiger partial charge in [-0.3, -0.25) is 24.3 Å². The number of ether oxygens (including phenoxy) is 3. The molecule has 1 aromatic carbocycles. The highest BCUT2D eigenvalue weighted by Gasteiger charge is 2.24. The van der Waals surface area contributed by atoms with Crippen molar-refractivity contribution in [3.8, 4) is 0 Å². The molecule has 0 saturated heterocycles. The fourth-order valence-electron chi connectivity index (χ4n) is 3.42. The van der Waals surface area contributed by atoms with Gasteiger partial charge in [0.1, 0.15) is 18.7 Å². The largest absolute Gasteiger partial charge is 0.463 e. The lowest BCUT2D eigenvalue weighted by atomic mass is 10.2. The molecule has 2 N–H and O–H groups in total. The van der Waals surface area contributed by atoms with Crippen LogP contribution in [0.1, 0.15) is 56.6 Å². The standard InChI is InChI=1S/C27H34N6O7/c1-5-19(14-38-23(35)12-11-21(34)28-4)40-22(15-39-26(37)18-9-7-6-8-10-18)33-16-30-20-13-29-27(31-24(20)33)32-25(36)17(2)3/h6-10,13,16-17,19,22H,5,11-12,14-15H2,1-4H3,(H,28,34)(H,29,31,32,36)/t19-,22-/m1/s1. The number of carbonyl (C=O) groups is 4. The summed E-state index contributed by atoms with van der Waals surface area (Å²) in [5.41, 5.74) is 1.14. The number of aromatic nitrogens is 4. The first-order valence-corrected chi connectivity index (χ1v) is 13.0. The molecule has 2 atom stereocenters. The predicted molar refractivity (Wildman–Crippen MR) is 144 cm³/mol. The van der Waals surface area contributed by atoms with Crippen molar-refractivity contribution in [1.29, 1.82) is 0 Å². The second-order valence-corrected chi connectivity index (χ2v) is 9.14. The third-order valence-corrected chi connectivity index (χ3v) is 5.82. The average Bonchev–Trinajstić information content (AvgIpc) is 3.38. The molecule has 0 saturated carbocycles. The number of amides is 2. The molecule has 40 heavy (non-hydrogen) atoms. The van der Waals surface area contributed by atoms with E-state index in [1.807, 2.05) is 6.92 Å². The summed E-state index contributed by atoms with van der Waals surface area (Å²) in [6.45, 7) is 5.06. The molecule has 2 heterocycles. The van der Waals surface area contributed by atoms with Crippen LogP contribution >= 0.6 is 0 Å². The van der Waals surface area contributed by atoms with Gasteiger partial charge in [-0.2, -0.15) is 4.98 Å². The summed E-state index contributed by atoms with van der Waals surface area (Å²) < 4.78 is 18.7. The van der Waals surface area contributed by atoms with Crippen molar-refractivity contribution < 1.29 is 33.4 Å². The topological polar surface area (TPSA) is 164 Å². The molecule has 0 bridgehead atoms. The lowest BCUT2D eigenvalue weighted by Gasteiger charge is -2.25. The molecule has 3 rings (SSSR count). The number of esters is 2. The number of rotatable bonds is 14. The first kappa shape index (κ1) is 30.2. The van der Waals surface area contributed by atoms with Gasteiger partial charge in [0.2, 0.25) is 17.8 Å². The number of imidazole rings is 1. The Hall–Kier alpha value is -4.39. The summed E-state index contributed by atoms with van der Waals surface area (Å²) in [7, 11) is 1.49. The Morgan fingerprint density at radius 2 is 1.75 bits per heavy atom. The second kappa shape index (κ2) is 14.7. The van der Waals surface area contributed by atoms with Gasteiger partial charge in [-0.05, 0) is 18.6 Å². The lowest BCUT2D eigenvalue weighted by molar-refractivity contribution is -0.154. The summed E-state index contributed by atoms with van der Waals surface area (Å²) in [6.07, 6.45) is 1.86. The highest BCUT2D eigenvalue weighted by Crippen LogP contribution is 2.22. The van der Waals surface area contributed by atoms with E-state index in [1.54, 1.807) is 48.7 Å². The van der Waals surface area contributed by atoms with Crippen LogP contribution in [-0.2, 0) is 28.6 Å². The molecule has 13 nitrogen and oxygen atoms in total. The van der Waals surface area contributed by atoms with Crippen LogP contribution < -0.4 is 10.6 Å². The van der Waals surface area contributed by atoms with Gasteiger partial charge in [0.15, 0.2) is 11.9 Å². The second-order valence-electron chi connectivity index (χ2n) is 9.14. The molecule has 0 aliphatic carbocycles. The number of carbonyl (C=O) groups excluding carboxylic acids is 4. The smallest absolute Gasteiger partial charge is 0.338 e. The van der Waals surface area contributed by atoms with Gasteiger partial charge in [0, 0.05) is 19.4 Å². The summed E-state index contributed by atoms with van der Waals surface area (Å²) in [4.78, 5) is 61.3. The maximum absolute atomic E-state index is 12.7. The van der Waals surface area contributed by atoms with Gasteiger partial charge in [-0.1, -0.05) is 39.0 Å². The van der Waals surface area contributed by atoms with Crippen LogP contribution in [-0.4, -0.2) is 69.6 Å². The number of fused-ring (bicyclic) bond motifs is 1. The Labute approximate surface area is 231 Å². The minimum absolute atomic E-state index is 0.0153. The fourth-order valence-corrected chi connectivity index (χ4v) is 3.42. The molecular formula is C27H34N6O7. The third kappa shape index (κ3) is 8.56. The summed E-state index contributed by atoms with van der Waals surface area (Å²) in [6, 6.07) is 8.51. The quantitative estimate of drug-likeness (QED) is 0.283. The Bertz CT molecular complexity index is 1310. The average molecular weight is 555 g/mol. The maximum Gasteiger partial charge on any atom is 0.338 e. The van der Waals surface area contributed by atoms with E-state index >= 15 is 0 Å². The Balaban J connectivity index is 1.81. The number of anilines is 1. The summed E-state index contributed by atoms with van der Waals surface area (Å²) in [5.74, 6) is -1.79. The van der Waals surface area contributed by atoms with E-state index in [0.29, 0.717) is 23.1 Å². The molecule has 2 amide bonds. The first-order chi connectivity index (χ1) is 19.2. The third-order valence-electron chi connectivity index (χ3n) is 5.82. The monoisotopic (exact) mass is 554 g/mol. The SMILES string of the molecule is CC[C@H](COC(=O)CCC(=O)NC)O[C@H](COC(=O)c1ccccc1)n1cnc2cnc(NC(=O)C(C)C)nc21. The van der Waals surface area contributed by atoms with Gasteiger partial charge in [-0.25, -0.2) is 14.8 Å². The predicted octanol–water partition coefficient (Wildman–Crippen LogP) is 2.64.